The first-order valence-corrected chi connectivity index (χ1v) is 12.9. The maximum atomic E-state index is 14.0. The second-order valence-corrected chi connectivity index (χ2v) is 9.82. The molecule has 15 heteroatoms. The molecule has 0 saturated heterocycles. The molecule has 0 aliphatic carbocycles. The summed E-state index contributed by atoms with van der Waals surface area (Å²) in [6.07, 6.45) is -5.04. The second-order valence-electron chi connectivity index (χ2n) is 8.26. The Labute approximate surface area is 230 Å². The Hall–Kier alpha value is -4.60. The number of methoxy groups -OCH3 is 1. The van der Waals surface area contributed by atoms with Gasteiger partial charge in [-0.1, -0.05) is 12.1 Å². The Bertz CT molecular complexity index is 1710. The molecule has 0 radical (unpaired) electrons. The molecule has 3 aromatic carbocycles. The van der Waals surface area contributed by atoms with Crippen LogP contribution in [0.4, 0.5) is 17.6 Å². The fourth-order valence-electron chi connectivity index (χ4n) is 3.70. The summed E-state index contributed by atoms with van der Waals surface area (Å²) < 4.78 is 90.8. The van der Waals surface area contributed by atoms with Crippen molar-refractivity contribution in [1.82, 2.24) is 15.4 Å². The quantitative estimate of drug-likeness (QED) is 0.221. The number of primary sulfonamides is 1. The van der Waals surface area contributed by atoms with Gasteiger partial charge in [-0.3, -0.25) is 9.63 Å². The molecule has 1 aromatic heterocycles. The van der Waals surface area contributed by atoms with E-state index >= 15 is 0 Å². The van der Waals surface area contributed by atoms with Gasteiger partial charge in [0.2, 0.25) is 21.7 Å². The molecule has 3 N–H and O–H groups in total. The lowest BCUT2D eigenvalue weighted by atomic mass is 10.00. The molecule has 4 aromatic rings. The number of carbonyl (C=O) groups excluding carboxylic acids is 1. The fraction of sp³-hybridized carbons (Fsp3) is 0.115. The van der Waals surface area contributed by atoms with E-state index in [2.05, 4.69) is 20.3 Å². The average molecular weight is 593 g/mol. The molecule has 41 heavy (non-hydrogen) atoms. The van der Waals surface area contributed by atoms with E-state index in [-0.39, 0.29) is 44.3 Å². The highest BCUT2D eigenvalue weighted by atomic mass is 32.2. The van der Waals surface area contributed by atoms with Gasteiger partial charge in [0.05, 0.1) is 30.4 Å². The summed E-state index contributed by atoms with van der Waals surface area (Å²) in [7, 11) is -1.76. The molecule has 214 valence electrons. The van der Waals surface area contributed by atoms with Gasteiger partial charge in [-0.15, -0.1) is 0 Å². The second kappa shape index (κ2) is 11.5. The van der Waals surface area contributed by atoms with E-state index in [0.717, 1.165) is 18.2 Å². The zero-order chi connectivity index (χ0) is 29.9. The molecule has 1 heterocycles. The number of halogens is 4. The molecule has 0 unspecified atom stereocenters. The summed E-state index contributed by atoms with van der Waals surface area (Å²) in [6, 6.07) is 13.2. The van der Waals surface area contributed by atoms with Crippen LogP contribution in [-0.2, 0) is 21.0 Å². The number of benzene rings is 3. The molecule has 0 atom stereocenters. The Morgan fingerprint density at radius 1 is 0.927 bits per heavy atom. The topological polar surface area (TPSA) is 143 Å². The van der Waals surface area contributed by atoms with E-state index < -0.39 is 39.6 Å². The van der Waals surface area contributed by atoms with Crippen molar-refractivity contribution >= 4 is 15.9 Å². The number of sulfonamides is 1. The minimum atomic E-state index is -5.04. The summed E-state index contributed by atoms with van der Waals surface area (Å²) >= 11 is 0. The number of amides is 1. The molecule has 0 aliphatic rings. The van der Waals surface area contributed by atoms with Crippen molar-refractivity contribution < 1.29 is 45.1 Å². The normalized spacial score (nSPS) is 11.7. The van der Waals surface area contributed by atoms with Crippen molar-refractivity contribution in [2.75, 3.05) is 14.2 Å². The molecule has 0 spiro atoms. The average Bonchev–Trinajstić information content (AvgIpc) is 2.92. The first-order chi connectivity index (χ1) is 19.3. The van der Waals surface area contributed by atoms with Crippen LogP contribution in [0.15, 0.2) is 71.6 Å². The third-order valence-electron chi connectivity index (χ3n) is 5.53. The van der Waals surface area contributed by atoms with Crippen molar-refractivity contribution in [2.24, 2.45) is 5.14 Å². The van der Waals surface area contributed by atoms with Gasteiger partial charge in [-0.25, -0.2) is 28.4 Å². The van der Waals surface area contributed by atoms with Crippen LogP contribution in [0.2, 0.25) is 0 Å². The van der Waals surface area contributed by atoms with Gasteiger partial charge in [-0.2, -0.15) is 18.2 Å². The molecule has 0 saturated carbocycles. The van der Waals surface area contributed by atoms with E-state index in [4.69, 9.17) is 14.6 Å². The Kier molecular flexibility index (Phi) is 8.23. The van der Waals surface area contributed by atoms with Gasteiger partial charge < -0.3 is 9.47 Å². The standard InChI is InChI=1S/C26H20F4N4O6S/c1-38-20-13-16(23(35)34-39-2)8-11-19(20)40-24-21(15-4-3-5-18(12-15)41(31,36)37)22(14-6-9-17(27)10-7-14)32-25(33-24)26(28,29)30/h3-13H,1-2H3,(H,34,35)(H2,31,36,37). The summed E-state index contributed by atoms with van der Waals surface area (Å²) in [5, 5.41) is 5.27. The summed E-state index contributed by atoms with van der Waals surface area (Å²) in [4.78, 5) is 23.7. The smallest absolute Gasteiger partial charge is 0.451 e. The number of ether oxygens (including phenoxy) is 2. The fourth-order valence-corrected chi connectivity index (χ4v) is 4.25. The number of hydrogen-bond acceptors (Lipinski definition) is 8. The molecule has 0 aliphatic heterocycles. The van der Waals surface area contributed by atoms with Crippen LogP contribution in [-0.4, -0.2) is 38.5 Å². The predicted molar refractivity (Wildman–Crippen MR) is 137 cm³/mol. The van der Waals surface area contributed by atoms with Gasteiger partial charge in [0.25, 0.3) is 5.91 Å². The molecule has 4 rings (SSSR count). The van der Waals surface area contributed by atoms with Crippen LogP contribution in [0.25, 0.3) is 22.4 Å². The molecular weight excluding hydrogens is 572 g/mol. The van der Waals surface area contributed by atoms with E-state index in [1.165, 1.54) is 62.8 Å². The highest BCUT2D eigenvalue weighted by Crippen LogP contribution is 2.43. The van der Waals surface area contributed by atoms with E-state index in [0.29, 0.717) is 0 Å². The van der Waals surface area contributed by atoms with Gasteiger partial charge in [-0.05, 0) is 60.2 Å². The molecular formula is C26H20F4N4O6S. The highest BCUT2D eigenvalue weighted by molar-refractivity contribution is 7.89. The van der Waals surface area contributed by atoms with Crippen LogP contribution >= 0.6 is 0 Å². The Morgan fingerprint density at radius 3 is 2.24 bits per heavy atom. The largest absolute Gasteiger partial charge is 0.493 e. The molecule has 0 fully saturated rings. The number of nitrogens with two attached hydrogens (primary N) is 1. The van der Waals surface area contributed by atoms with Gasteiger partial charge in [0.1, 0.15) is 5.82 Å². The highest BCUT2D eigenvalue weighted by Gasteiger charge is 2.37. The van der Waals surface area contributed by atoms with Crippen LogP contribution in [0.5, 0.6) is 17.4 Å². The third kappa shape index (κ3) is 6.59. The van der Waals surface area contributed by atoms with Gasteiger partial charge >= 0.3 is 6.18 Å². The molecule has 0 bridgehead atoms. The van der Waals surface area contributed by atoms with Gasteiger partial charge in [0, 0.05) is 11.1 Å². The van der Waals surface area contributed by atoms with Crippen LogP contribution < -0.4 is 20.1 Å². The van der Waals surface area contributed by atoms with E-state index in [9.17, 15) is 30.8 Å². The number of hydroxylamine groups is 1. The number of rotatable bonds is 8. The Balaban J connectivity index is 2.02. The van der Waals surface area contributed by atoms with Gasteiger partial charge in [0.15, 0.2) is 11.5 Å². The molecule has 1 amide bonds. The van der Waals surface area contributed by atoms with Crippen molar-refractivity contribution in [2.45, 2.75) is 11.1 Å². The van der Waals surface area contributed by atoms with E-state index in [1.807, 2.05) is 0 Å². The number of nitrogens with one attached hydrogen (secondary N) is 1. The third-order valence-corrected chi connectivity index (χ3v) is 6.44. The zero-order valence-corrected chi connectivity index (χ0v) is 22.0. The van der Waals surface area contributed by atoms with Crippen molar-refractivity contribution in [3.8, 4) is 39.8 Å². The minimum absolute atomic E-state index is 0.0228. The first-order valence-electron chi connectivity index (χ1n) is 11.4. The number of hydrogen-bond donors (Lipinski definition) is 2. The summed E-state index contributed by atoms with van der Waals surface area (Å²) in [5.41, 5.74) is 1.74. The lowest BCUT2D eigenvalue weighted by Gasteiger charge is -2.19. The molecule has 10 nitrogen and oxygen atoms in total. The number of aromatic nitrogens is 2. The van der Waals surface area contributed by atoms with Crippen LogP contribution in [0.1, 0.15) is 16.2 Å². The maximum absolute atomic E-state index is 14.0. The number of alkyl halides is 3. The lowest BCUT2D eigenvalue weighted by Crippen LogP contribution is -2.21. The first kappa shape index (κ1) is 29.4. The van der Waals surface area contributed by atoms with Crippen LogP contribution in [0.3, 0.4) is 0 Å². The number of nitrogens with zero attached hydrogens (tertiary/aromatic N) is 2. The maximum Gasteiger partial charge on any atom is 0.451 e. The predicted octanol–water partition coefficient (Wildman–Crippen LogP) is 4.71. The van der Waals surface area contributed by atoms with Crippen molar-refractivity contribution in [3.63, 3.8) is 0 Å². The monoisotopic (exact) mass is 592 g/mol. The van der Waals surface area contributed by atoms with Crippen molar-refractivity contribution in [1.29, 1.82) is 0 Å². The Morgan fingerprint density at radius 2 is 1.63 bits per heavy atom. The van der Waals surface area contributed by atoms with E-state index in [1.54, 1.807) is 0 Å². The summed E-state index contributed by atoms with van der Waals surface area (Å²) in [6.45, 7) is 0. The minimum Gasteiger partial charge on any atom is -0.493 e. The SMILES string of the molecule is CONC(=O)c1ccc(Oc2nc(C(F)(F)F)nc(-c3ccc(F)cc3)c2-c2cccc(S(N)(=O)=O)c2)c(OC)c1. The lowest BCUT2D eigenvalue weighted by molar-refractivity contribution is -0.145. The number of carbonyl (C=O) groups is 1. The van der Waals surface area contributed by atoms with Crippen LogP contribution in [0, 0.1) is 5.82 Å². The van der Waals surface area contributed by atoms with Crippen molar-refractivity contribution in [3.05, 3.63) is 83.9 Å². The summed E-state index contributed by atoms with van der Waals surface area (Å²) in [5.74, 6) is -3.75. The zero-order valence-electron chi connectivity index (χ0n) is 21.2.